The predicted octanol–water partition coefficient (Wildman–Crippen LogP) is 3.49. The van der Waals surface area contributed by atoms with Gasteiger partial charge in [0, 0.05) is 36.6 Å². The monoisotopic (exact) mass is 285 g/mol. The summed E-state index contributed by atoms with van der Waals surface area (Å²) in [5.74, 6) is 0. The van der Waals surface area contributed by atoms with Crippen molar-refractivity contribution in [2.45, 2.75) is 26.4 Å². The van der Waals surface area contributed by atoms with E-state index in [1.165, 1.54) is 26.9 Å². The van der Waals surface area contributed by atoms with Gasteiger partial charge in [0.15, 0.2) is 0 Å². The van der Waals surface area contributed by atoms with Gasteiger partial charge in [-0.1, -0.05) is 25.1 Å². The van der Waals surface area contributed by atoms with Crippen LogP contribution in [-0.2, 0) is 26.6 Å². The fourth-order valence-corrected chi connectivity index (χ4v) is 3.49. The van der Waals surface area contributed by atoms with E-state index in [4.69, 9.17) is 0 Å². The van der Waals surface area contributed by atoms with E-state index in [0.717, 1.165) is 19.5 Å². The third-order valence-corrected chi connectivity index (χ3v) is 4.53. The molecule has 104 valence electrons. The summed E-state index contributed by atoms with van der Waals surface area (Å²) in [6.45, 7) is 3.93. The largest absolute Gasteiger partial charge is 0.308 e. The van der Waals surface area contributed by atoms with E-state index in [0.29, 0.717) is 0 Å². The van der Waals surface area contributed by atoms with Crippen LogP contribution in [0.4, 0.5) is 0 Å². The molecule has 0 radical (unpaired) electrons. The number of benzene rings is 1. The van der Waals surface area contributed by atoms with Gasteiger partial charge in [0.2, 0.25) is 0 Å². The minimum absolute atomic E-state index is 0.876. The molecular formula is C16H19N3S. The second-order valence-electron chi connectivity index (χ2n) is 4.99. The predicted molar refractivity (Wildman–Crippen MR) is 85.0 cm³/mol. The molecule has 1 N–H and O–H groups in total. The summed E-state index contributed by atoms with van der Waals surface area (Å²) in [6.07, 6.45) is 3.09. The van der Waals surface area contributed by atoms with Crippen LogP contribution in [0.1, 0.15) is 23.7 Å². The second-order valence-corrected chi connectivity index (χ2v) is 5.90. The molecule has 0 saturated carbocycles. The minimum Gasteiger partial charge on any atom is -0.308 e. The number of rotatable bonds is 5. The highest BCUT2D eigenvalue weighted by Gasteiger charge is 2.06. The Balaban J connectivity index is 1.68. The van der Waals surface area contributed by atoms with Gasteiger partial charge in [-0.3, -0.25) is 4.68 Å². The van der Waals surface area contributed by atoms with Gasteiger partial charge in [0.05, 0.1) is 5.69 Å². The van der Waals surface area contributed by atoms with Gasteiger partial charge in [0.1, 0.15) is 0 Å². The molecule has 0 aliphatic rings. The van der Waals surface area contributed by atoms with Crippen LogP contribution in [-0.4, -0.2) is 9.78 Å². The van der Waals surface area contributed by atoms with E-state index >= 15 is 0 Å². The second kappa shape index (κ2) is 5.77. The van der Waals surface area contributed by atoms with Gasteiger partial charge in [-0.05, 0) is 28.8 Å². The lowest BCUT2D eigenvalue weighted by molar-refractivity contribution is 0.692. The maximum atomic E-state index is 4.47. The van der Waals surface area contributed by atoms with E-state index in [1.54, 1.807) is 0 Å². The average molecular weight is 285 g/mol. The molecule has 0 spiro atoms. The van der Waals surface area contributed by atoms with Gasteiger partial charge < -0.3 is 5.32 Å². The maximum Gasteiger partial charge on any atom is 0.0666 e. The van der Waals surface area contributed by atoms with Crippen LogP contribution in [0, 0.1) is 0 Å². The van der Waals surface area contributed by atoms with Crippen molar-refractivity contribution in [3.05, 3.63) is 52.7 Å². The molecule has 0 atom stereocenters. The zero-order valence-corrected chi connectivity index (χ0v) is 12.7. The van der Waals surface area contributed by atoms with Gasteiger partial charge in [-0.25, -0.2) is 0 Å². The van der Waals surface area contributed by atoms with Crippen molar-refractivity contribution in [3.63, 3.8) is 0 Å². The summed E-state index contributed by atoms with van der Waals surface area (Å²) in [4.78, 5) is 0. The van der Waals surface area contributed by atoms with Crippen LogP contribution in [0.15, 0.2) is 35.8 Å². The summed E-state index contributed by atoms with van der Waals surface area (Å²) in [5.41, 5.74) is 3.87. The molecule has 0 unspecified atom stereocenters. The first-order valence-corrected chi connectivity index (χ1v) is 7.83. The number of nitrogens with one attached hydrogen (secondary N) is 1. The quantitative estimate of drug-likeness (QED) is 0.777. The Hall–Kier alpha value is -1.65. The average Bonchev–Trinajstić information content (AvgIpc) is 3.03. The van der Waals surface area contributed by atoms with Crippen LogP contribution in [0.2, 0.25) is 0 Å². The summed E-state index contributed by atoms with van der Waals surface area (Å²) in [7, 11) is 1.98. The summed E-state index contributed by atoms with van der Waals surface area (Å²) in [6, 6.07) is 8.58. The van der Waals surface area contributed by atoms with Gasteiger partial charge in [0.25, 0.3) is 0 Å². The smallest absolute Gasteiger partial charge is 0.0666 e. The van der Waals surface area contributed by atoms with E-state index in [9.17, 15) is 0 Å². The Morgan fingerprint density at radius 3 is 2.85 bits per heavy atom. The highest BCUT2D eigenvalue weighted by atomic mass is 32.1. The van der Waals surface area contributed by atoms with Crippen molar-refractivity contribution in [2.24, 2.45) is 7.05 Å². The van der Waals surface area contributed by atoms with Crippen LogP contribution in [0.5, 0.6) is 0 Å². The number of hydrogen-bond acceptors (Lipinski definition) is 3. The highest BCUT2D eigenvalue weighted by molar-refractivity contribution is 7.17. The lowest BCUT2D eigenvalue weighted by Gasteiger charge is -2.04. The zero-order valence-electron chi connectivity index (χ0n) is 11.9. The van der Waals surface area contributed by atoms with Gasteiger partial charge >= 0.3 is 0 Å². The molecule has 0 aliphatic heterocycles. The standard InChI is InChI=1S/C16H19N3S/c1-3-15-12(10-19(2)18-15)8-17-9-13-11-20-16-7-5-4-6-14(13)16/h4-7,10-11,17H,3,8-9H2,1-2H3. The number of nitrogens with zero attached hydrogens (tertiary/aromatic N) is 2. The third kappa shape index (κ3) is 2.62. The Bertz CT molecular complexity index is 711. The van der Waals surface area contributed by atoms with E-state index < -0.39 is 0 Å². The fourth-order valence-electron chi connectivity index (χ4n) is 2.53. The molecule has 4 heteroatoms. The molecule has 20 heavy (non-hydrogen) atoms. The van der Waals surface area contributed by atoms with E-state index in [-0.39, 0.29) is 0 Å². The lowest BCUT2D eigenvalue weighted by atomic mass is 10.1. The highest BCUT2D eigenvalue weighted by Crippen LogP contribution is 2.25. The Kier molecular flexibility index (Phi) is 3.85. The van der Waals surface area contributed by atoms with E-state index in [1.807, 2.05) is 23.1 Å². The fraction of sp³-hybridized carbons (Fsp3) is 0.312. The van der Waals surface area contributed by atoms with Crippen LogP contribution in [0.25, 0.3) is 10.1 Å². The van der Waals surface area contributed by atoms with Crippen LogP contribution >= 0.6 is 11.3 Å². The molecule has 0 fully saturated rings. The summed E-state index contributed by atoms with van der Waals surface area (Å²) >= 11 is 1.82. The maximum absolute atomic E-state index is 4.47. The van der Waals surface area contributed by atoms with Crippen molar-refractivity contribution < 1.29 is 0 Å². The number of aromatic nitrogens is 2. The van der Waals surface area contributed by atoms with Gasteiger partial charge in [-0.2, -0.15) is 5.10 Å². The zero-order chi connectivity index (χ0) is 13.9. The van der Waals surface area contributed by atoms with Crippen molar-refractivity contribution in [3.8, 4) is 0 Å². The first kappa shape index (κ1) is 13.3. The number of thiophene rings is 1. The molecule has 2 heterocycles. The number of hydrogen-bond donors (Lipinski definition) is 1. The molecule has 0 aliphatic carbocycles. The normalized spacial score (nSPS) is 11.3. The first-order chi connectivity index (χ1) is 9.78. The number of aryl methyl sites for hydroxylation is 2. The molecule has 2 aromatic heterocycles. The Morgan fingerprint density at radius 1 is 1.20 bits per heavy atom. The molecule has 3 rings (SSSR count). The minimum atomic E-state index is 0.876. The topological polar surface area (TPSA) is 29.9 Å². The summed E-state index contributed by atoms with van der Waals surface area (Å²) in [5, 5.41) is 11.6. The first-order valence-electron chi connectivity index (χ1n) is 6.95. The molecule has 3 aromatic rings. The molecule has 1 aromatic carbocycles. The SMILES string of the molecule is CCc1nn(C)cc1CNCc1csc2ccccc12. The summed E-state index contributed by atoms with van der Waals surface area (Å²) < 4.78 is 3.26. The molecular weight excluding hydrogens is 266 g/mol. The molecule has 0 amide bonds. The van der Waals surface area contributed by atoms with Crippen molar-refractivity contribution >= 4 is 21.4 Å². The van der Waals surface area contributed by atoms with E-state index in [2.05, 4.69) is 53.2 Å². The lowest BCUT2D eigenvalue weighted by Crippen LogP contribution is -2.13. The van der Waals surface area contributed by atoms with Crippen molar-refractivity contribution in [2.75, 3.05) is 0 Å². The molecule has 0 saturated heterocycles. The molecule has 3 nitrogen and oxygen atoms in total. The van der Waals surface area contributed by atoms with Gasteiger partial charge in [-0.15, -0.1) is 11.3 Å². The third-order valence-electron chi connectivity index (χ3n) is 3.52. The van der Waals surface area contributed by atoms with Crippen molar-refractivity contribution in [1.82, 2.24) is 15.1 Å². The van der Waals surface area contributed by atoms with Crippen LogP contribution < -0.4 is 5.32 Å². The van der Waals surface area contributed by atoms with Crippen molar-refractivity contribution in [1.29, 1.82) is 0 Å². The Morgan fingerprint density at radius 2 is 2.00 bits per heavy atom. The molecule has 0 bridgehead atoms. The number of fused-ring (bicyclic) bond motifs is 1. The Labute approximate surface area is 123 Å². The van der Waals surface area contributed by atoms with Crippen LogP contribution in [0.3, 0.4) is 0 Å².